The van der Waals surface area contributed by atoms with Crippen LogP contribution in [0.15, 0.2) is 48.8 Å². The highest BCUT2D eigenvalue weighted by Crippen LogP contribution is 2.26. The van der Waals surface area contributed by atoms with Gasteiger partial charge >= 0.3 is 0 Å². The predicted molar refractivity (Wildman–Crippen MR) is 98.0 cm³/mol. The first-order chi connectivity index (χ1) is 11.8. The van der Waals surface area contributed by atoms with E-state index in [0.717, 1.165) is 0 Å². The smallest absolute Gasteiger partial charge is 0.0321 e. The molecule has 4 rings (SSSR count). The van der Waals surface area contributed by atoms with Gasteiger partial charge in [0.2, 0.25) is 0 Å². The van der Waals surface area contributed by atoms with Gasteiger partial charge in [0.1, 0.15) is 0 Å². The number of pyridine rings is 1. The van der Waals surface area contributed by atoms with E-state index in [2.05, 4.69) is 58.5 Å². The van der Waals surface area contributed by atoms with E-state index in [9.17, 15) is 0 Å². The SMILES string of the molecule is C[C@@H](c1ccncc1)N1CCC(NC2Cc3ccccc3C2)CC1. The van der Waals surface area contributed by atoms with Crippen molar-refractivity contribution in [1.82, 2.24) is 15.2 Å². The molecule has 1 N–H and O–H groups in total. The Morgan fingerprint density at radius 2 is 1.58 bits per heavy atom. The minimum absolute atomic E-state index is 0.490. The van der Waals surface area contributed by atoms with E-state index in [1.54, 1.807) is 11.1 Å². The molecule has 0 amide bonds. The number of rotatable bonds is 4. The van der Waals surface area contributed by atoms with Gasteiger partial charge < -0.3 is 5.32 Å². The number of nitrogens with one attached hydrogen (secondary N) is 1. The van der Waals surface area contributed by atoms with Crippen LogP contribution in [0.4, 0.5) is 0 Å². The highest BCUT2D eigenvalue weighted by Gasteiger charge is 2.27. The van der Waals surface area contributed by atoms with E-state index < -0.39 is 0 Å². The number of hydrogen-bond donors (Lipinski definition) is 1. The molecule has 2 aromatic rings. The monoisotopic (exact) mass is 321 g/mol. The van der Waals surface area contributed by atoms with Gasteiger partial charge in [0.05, 0.1) is 0 Å². The summed E-state index contributed by atoms with van der Waals surface area (Å²) < 4.78 is 0. The van der Waals surface area contributed by atoms with E-state index >= 15 is 0 Å². The number of hydrogen-bond acceptors (Lipinski definition) is 3. The Bertz CT molecular complexity index is 637. The second-order valence-electron chi connectivity index (χ2n) is 7.31. The number of likely N-dealkylation sites (tertiary alicyclic amines) is 1. The van der Waals surface area contributed by atoms with Crippen molar-refractivity contribution in [2.75, 3.05) is 13.1 Å². The molecule has 1 aromatic carbocycles. The average Bonchev–Trinajstić information content (AvgIpc) is 3.05. The molecule has 126 valence electrons. The first-order valence-electron chi connectivity index (χ1n) is 9.26. The summed E-state index contributed by atoms with van der Waals surface area (Å²) in [5.74, 6) is 0. The number of fused-ring (bicyclic) bond motifs is 1. The first kappa shape index (κ1) is 15.8. The molecule has 0 unspecified atom stereocenters. The largest absolute Gasteiger partial charge is 0.310 e. The molecule has 24 heavy (non-hydrogen) atoms. The zero-order valence-corrected chi connectivity index (χ0v) is 14.5. The second kappa shape index (κ2) is 7.04. The standard InChI is InChI=1S/C21H27N3/c1-16(17-6-10-22-11-7-17)24-12-8-20(9-13-24)23-21-14-18-4-2-3-5-19(18)15-21/h2-7,10-11,16,20-21,23H,8-9,12-15H2,1H3/t16-/m0/s1. The quantitative estimate of drug-likeness (QED) is 0.936. The number of aromatic nitrogens is 1. The topological polar surface area (TPSA) is 28.2 Å². The summed E-state index contributed by atoms with van der Waals surface area (Å²) in [6, 6.07) is 15.0. The lowest BCUT2D eigenvalue weighted by atomic mass is 9.99. The molecular weight excluding hydrogens is 294 g/mol. The van der Waals surface area contributed by atoms with E-state index in [4.69, 9.17) is 0 Å². The molecule has 0 spiro atoms. The van der Waals surface area contributed by atoms with Gasteiger partial charge in [0.15, 0.2) is 0 Å². The molecule has 2 aliphatic rings. The number of piperidine rings is 1. The van der Waals surface area contributed by atoms with E-state index in [1.807, 2.05) is 12.4 Å². The van der Waals surface area contributed by atoms with Crippen LogP contribution >= 0.6 is 0 Å². The van der Waals surface area contributed by atoms with Crippen molar-refractivity contribution in [2.24, 2.45) is 0 Å². The highest BCUT2D eigenvalue weighted by atomic mass is 15.2. The second-order valence-corrected chi connectivity index (χ2v) is 7.31. The van der Waals surface area contributed by atoms with Gasteiger partial charge in [-0.3, -0.25) is 9.88 Å². The Morgan fingerprint density at radius 1 is 0.958 bits per heavy atom. The van der Waals surface area contributed by atoms with E-state index in [-0.39, 0.29) is 0 Å². The van der Waals surface area contributed by atoms with Crippen molar-refractivity contribution in [3.05, 3.63) is 65.5 Å². The fraction of sp³-hybridized carbons (Fsp3) is 0.476. The van der Waals surface area contributed by atoms with Gasteiger partial charge in [-0.15, -0.1) is 0 Å². The zero-order chi connectivity index (χ0) is 16.4. The fourth-order valence-electron chi connectivity index (χ4n) is 4.32. The summed E-state index contributed by atoms with van der Waals surface area (Å²) in [5, 5.41) is 3.93. The molecule has 1 saturated heterocycles. The number of nitrogens with zero attached hydrogens (tertiary/aromatic N) is 2. The normalized spacial score (nSPS) is 20.9. The molecule has 1 atom stereocenters. The summed E-state index contributed by atoms with van der Waals surface area (Å²) >= 11 is 0. The van der Waals surface area contributed by atoms with Crippen LogP contribution in [0, 0.1) is 0 Å². The van der Waals surface area contributed by atoms with Crippen LogP contribution in [-0.4, -0.2) is 35.1 Å². The molecule has 3 heteroatoms. The Hall–Kier alpha value is -1.71. The van der Waals surface area contributed by atoms with Crippen LogP contribution in [0.5, 0.6) is 0 Å². The summed E-state index contributed by atoms with van der Waals surface area (Å²) in [6.07, 6.45) is 8.70. The lowest BCUT2D eigenvalue weighted by molar-refractivity contribution is 0.148. The zero-order valence-electron chi connectivity index (χ0n) is 14.5. The Labute approximate surface area is 145 Å². The first-order valence-corrected chi connectivity index (χ1v) is 9.26. The van der Waals surface area contributed by atoms with Crippen molar-refractivity contribution in [2.45, 2.75) is 50.7 Å². The Balaban J connectivity index is 1.28. The lowest BCUT2D eigenvalue weighted by Crippen LogP contribution is -2.47. The van der Waals surface area contributed by atoms with Gasteiger partial charge in [-0.1, -0.05) is 24.3 Å². The maximum absolute atomic E-state index is 4.13. The summed E-state index contributed by atoms with van der Waals surface area (Å²) in [5.41, 5.74) is 4.46. The minimum atomic E-state index is 0.490. The third-order valence-electron chi connectivity index (χ3n) is 5.79. The van der Waals surface area contributed by atoms with Crippen molar-refractivity contribution in [3.63, 3.8) is 0 Å². The molecule has 1 aromatic heterocycles. The van der Waals surface area contributed by atoms with Gasteiger partial charge in [0.25, 0.3) is 0 Å². The van der Waals surface area contributed by atoms with Crippen LogP contribution in [0.1, 0.15) is 42.5 Å². The van der Waals surface area contributed by atoms with Crippen LogP contribution in [0.2, 0.25) is 0 Å². The predicted octanol–water partition coefficient (Wildman–Crippen LogP) is 3.36. The summed E-state index contributed by atoms with van der Waals surface area (Å²) in [4.78, 5) is 6.74. The van der Waals surface area contributed by atoms with Crippen molar-refractivity contribution in [3.8, 4) is 0 Å². The third kappa shape index (κ3) is 3.38. The van der Waals surface area contributed by atoms with Gasteiger partial charge in [-0.2, -0.15) is 0 Å². The molecule has 0 radical (unpaired) electrons. The van der Waals surface area contributed by atoms with Crippen LogP contribution in [0.25, 0.3) is 0 Å². The summed E-state index contributed by atoms with van der Waals surface area (Å²) in [6.45, 7) is 4.68. The van der Waals surface area contributed by atoms with Gasteiger partial charge in [-0.25, -0.2) is 0 Å². The maximum Gasteiger partial charge on any atom is 0.0321 e. The fourth-order valence-corrected chi connectivity index (χ4v) is 4.32. The Kier molecular flexibility index (Phi) is 4.63. The molecule has 1 aliphatic carbocycles. The van der Waals surface area contributed by atoms with Crippen molar-refractivity contribution >= 4 is 0 Å². The molecule has 1 fully saturated rings. The molecule has 0 saturated carbocycles. The van der Waals surface area contributed by atoms with E-state index in [0.29, 0.717) is 18.1 Å². The van der Waals surface area contributed by atoms with Gasteiger partial charge in [0, 0.05) is 43.6 Å². The average molecular weight is 321 g/mol. The minimum Gasteiger partial charge on any atom is -0.310 e. The third-order valence-corrected chi connectivity index (χ3v) is 5.79. The van der Waals surface area contributed by atoms with Crippen molar-refractivity contribution in [1.29, 1.82) is 0 Å². The molecular formula is C21H27N3. The Morgan fingerprint density at radius 3 is 2.21 bits per heavy atom. The lowest BCUT2D eigenvalue weighted by Gasteiger charge is -2.37. The molecule has 3 nitrogen and oxygen atoms in total. The van der Waals surface area contributed by atoms with Crippen molar-refractivity contribution < 1.29 is 0 Å². The maximum atomic E-state index is 4.13. The van der Waals surface area contributed by atoms with Crippen LogP contribution < -0.4 is 5.32 Å². The highest BCUT2D eigenvalue weighted by molar-refractivity contribution is 5.33. The van der Waals surface area contributed by atoms with Crippen LogP contribution in [0.3, 0.4) is 0 Å². The van der Waals surface area contributed by atoms with Gasteiger partial charge in [-0.05, 0) is 61.4 Å². The molecule has 2 heterocycles. The number of benzene rings is 1. The molecule has 1 aliphatic heterocycles. The summed E-state index contributed by atoms with van der Waals surface area (Å²) in [7, 11) is 0. The molecule has 0 bridgehead atoms. The van der Waals surface area contributed by atoms with Crippen LogP contribution in [-0.2, 0) is 12.8 Å². The van der Waals surface area contributed by atoms with E-state index in [1.165, 1.54) is 44.3 Å².